The van der Waals surface area contributed by atoms with E-state index in [-0.39, 0.29) is 67.6 Å². The van der Waals surface area contributed by atoms with Gasteiger partial charge in [0.1, 0.15) is 55.4 Å². The highest BCUT2D eigenvalue weighted by molar-refractivity contribution is 5.97. The normalized spacial score (nSPS) is 21.3. The van der Waals surface area contributed by atoms with Crippen molar-refractivity contribution in [2.45, 2.75) is 113 Å². The van der Waals surface area contributed by atoms with Gasteiger partial charge in [-0.15, -0.1) is 0 Å². The zero-order chi connectivity index (χ0) is 88.7. The fourth-order valence-electron chi connectivity index (χ4n) is 20.0. The number of likely N-dealkylation sites (tertiary alicyclic amines) is 3. The summed E-state index contributed by atoms with van der Waals surface area (Å²) in [7, 11) is 7.73. The first-order valence-corrected chi connectivity index (χ1v) is 45.1. The van der Waals surface area contributed by atoms with Crippen LogP contribution in [0.15, 0.2) is 165 Å². The van der Waals surface area contributed by atoms with Gasteiger partial charge in [-0.05, 0) is 131 Å². The Kier molecular flexibility index (Phi) is 28.8. The number of amides is 3. The highest BCUT2D eigenvalue weighted by Gasteiger charge is 2.41. The van der Waals surface area contributed by atoms with Crippen molar-refractivity contribution in [3.63, 3.8) is 0 Å². The van der Waals surface area contributed by atoms with Crippen LogP contribution in [0.25, 0.3) is 46.9 Å². The number of likely N-dealkylation sites (N-methyl/N-ethyl adjacent to an activating group) is 2. The maximum Gasteiger partial charge on any atom is 0.318 e. The Hall–Kier alpha value is -12.6. The average Bonchev–Trinajstić information content (AvgIpc) is 0.816. The summed E-state index contributed by atoms with van der Waals surface area (Å²) in [6.07, 6.45) is 12.0. The number of rotatable bonds is 25. The van der Waals surface area contributed by atoms with E-state index in [9.17, 15) is 14.4 Å². The van der Waals surface area contributed by atoms with Crippen molar-refractivity contribution >= 4 is 84.6 Å². The number of fused-ring (bicyclic) bond motifs is 6. The fourth-order valence-corrected chi connectivity index (χ4v) is 20.0. The van der Waals surface area contributed by atoms with Crippen molar-refractivity contribution in [3.05, 3.63) is 233 Å². The van der Waals surface area contributed by atoms with Crippen LogP contribution < -0.4 is 43.6 Å². The minimum atomic E-state index is -0.236. The highest BCUT2D eigenvalue weighted by Crippen LogP contribution is 2.41. The smallest absolute Gasteiger partial charge is 0.318 e. The second-order valence-corrected chi connectivity index (χ2v) is 34.5. The fraction of sp³-hybridized carbons (Fsp3) is 0.455. The minimum Gasteiger partial charge on any atom is -0.462 e. The lowest BCUT2D eigenvalue weighted by Gasteiger charge is -2.41. The van der Waals surface area contributed by atoms with E-state index in [1.165, 1.54) is 74.0 Å². The predicted octanol–water partition coefficient (Wildman–Crippen LogP) is 11.0. The largest absolute Gasteiger partial charge is 0.462 e. The van der Waals surface area contributed by atoms with E-state index in [1.807, 2.05) is 0 Å². The van der Waals surface area contributed by atoms with Gasteiger partial charge < -0.3 is 87.2 Å². The maximum atomic E-state index is 12.6. The molecule has 0 aliphatic carbocycles. The topological polar surface area (TPSA) is 227 Å². The Labute approximate surface area is 751 Å². The first kappa shape index (κ1) is 88.9. The molecular weight excluding hydrogens is 1610 g/mol. The molecule has 9 aliphatic rings. The monoisotopic (exact) mass is 1730 g/mol. The Balaban J connectivity index is 0.000000141. The number of ether oxygens (including phenoxy) is 5. The molecule has 6 saturated heterocycles. The zero-order valence-electron chi connectivity index (χ0n) is 74.2. The Morgan fingerprint density at radius 2 is 0.781 bits per heavy atom. The van der Waals surface area contributed by atoms with Gasteiger partial charge in [-0.2, -0.15) is 29.9 Å². The lowest BCUT2D eigenvalue weighted by atomic mass is 10.0. The van der Waals surface area contributed by atoms with Crippen LogP contribution >= 0.6 is 0 Å². The zero-order valence-corrected chi connectivity index (χ0v) is 74.2. The Morgan fingerprint density at radius 3 is 1.14 bits per heavy atom. The second kappa shape index (κ2) is 41.5. The molecule has 6 fully saturated rings. The number of aromatic nitrogens is 6. The number of nitrogens with zero attached hydrogens (tertiary/aromatic N) is 21. The molecule has 0 bridgehead atoms. The molecule has 3 aromatic heterocycles. The third-order valence-electron chi connectivity index (χ3n) is 27.0. The minimum absolute atomic E-state index is 0.126. The van der Waals surface area contributed by atoms with Gasteiger partial charge in [-0.1, -0.05) is 129 Å². The molecule has 18 rings (SSSR count). The molecule has 29 nitrogen and oxygen atoms in total. The number of benzene rings is 6. The summed E-state index contributed by atoms with van der Waals surface area (Å²) in [5.74, 6) is 2.20. The number of carbonyl (C=O) groups excluding carboxylic acids is 3. The van der Waals surface area contributed by atoms with Crippen molar-refractivity contribution in [1.82, 2.24) is 59.3 Å². The highest BCUT2D eigenvalue weighted by atomic mass is 16.5. The Morgan fingerprint density at radius 1 is 0.414 bits per heavy atom. The number of piperazine rings is 3. The lowest BCUT2D eigenvalue weighted by molar-refractivity contribution is -0.129. The molecule has 9 aromatic rings. The van der Waals surface area contributed by atoms with Crippen LogP contribution in [0.3, 0.4) is 0 Å². The molecule has 0 saturated carbocycles. The molecule has 12 heterocycles. The molecule has 0 radical (unpaired) electrons. The maximum absolute atomic E-state index is 12.6. The SMILES string of the molecule is [C-]#[N+]CC1CN(c2nc(OC[C@@H]3CCCN3CCOC)nc3c2CCN(c2cccc4ccccc24)C3)CCN1C(=O)C=C.[C-]#[N+]CC1CN(c2nc(OC[C@@H]3C[C@@H](OC)CN3C)nc3c2CCN(c2cccc4ccccc24)C3)CCN1C(=O)C=C.[C-]#[N+]C[C@H]1CN(c2nc(OC[C@H]3CCCN3C)nc3c2CCN(c2cccc4ccccc24)C3)CCN1C(=O)C=C. The molecular formula is C99H117N21O8. The van der Waals surface area contributed by atoms with Crippen molar-refractivity contribution in [1.29, 1.82) is 0 Å². The summed E-state index contributed by atoms with van der Waals surface area (Å²) < 4.78 is 29.9. The van der Waals surface area contributed by atoms with Crippen molar-refractivity contribution < 1.29 is 38.1 Å². The molecule has 3 amide bonds. The molecule has 29 heteroatoms. The second-order valence-electron chi connectivity index (χ2n) is 34.5. The van der Waals surface area contributed by atoms with E-state index >= 15 is 0 Å². The summed E-state index contributed by atoms with van der Waals surface area (Å²) in [6, 6.07) is 46.2. The van der Waals surface area contributed by atoms with E-state index in [4.69, 9.17) is 73.3 Å². The van der Waals surface area contributed by atoms with Crippen molar-refractivity contribution in [3.8, 4) is 18.0 Å². The number of hydrogen-bond donors (Lipinski definition) is 0. The Bertz CT molecular complexity index is 5620. The first-order chi connectivity index (χ1) is 62.6. The van der Waals surface area contributed by atoms with Gasteiger partial charge in [0.15, 0.2) is 0 Å². The van der Waals surface area contributed by atoms with Crippen molar-refractivity contribution in [2.24, 2.45) is 0 Å². The van der Waals surface area contributed by atoms with E-state index in [1.54, 1.807) is 28.9 Å². The number of carbonyl (C=O) groups is 3. The molecule has 2 unspecified atom stereocenters. The number of hydrogen-bond acceptors (Lipinski definition) is 23. The van der Waals surface area contributed by atoms with E-state index in [0.29, 0.717) is 135 Å². The van der Waals surface area contributed by atoms with Gasteiger partial charge >= 0.3 is 18.0 Å². The van der Waals surface area contributed by atoms with Gasteiger partial charge in [0, 0.05) is 174 Å². The van der Waals surface area contributed by atoms with Gasteiger partial charge in [0.25, 0.3) is 0 Å². The predicted molar refractivity (Wildman–Crippen MR) is 501 cm³/mol. The van der Waals surface area contributed by atoms with Gasteiger partial charge in [0.05, 0.1) is 49.4 Å². The quantitative estimate of drug-likeness (QED) is 0.0383. The van der Waals surface area contributed by atoms with Gasteiger partial charge in [-0.3, -0.25) is 24.2 Å². The van der Waals surface area contributed by atoms with Crippen molar-refractivity contribution in [2.75, 3.05) is 208 Å². The molecule has 666 valence electrons. The standard InChI is InChI=1S/C34H41N7O3.C33H39N7O3.C32H37N7O2/c1-4-32(42)41-18-17-40(22-27(41)21-35-2)33-29-14-16-39(31-13-7-10-25-9-5-6-12-28(25)31)23-30(29)36-34(37-33)44-24-26-11-8-15-38(26)19-20-43-3;1-5-31(41)40-16-15-39(19-25(40)18-34-2)32-28-13-14-38(30-12-8-10-23-9-6-7-11-27(23)30)21-29(28)35-33(36-32)43-22-24-17-26(42-4)20-37(24)3;1-4-30(40)39-18-17-38(20-25(39)19-33-2)31-27-14-16-37(29-13-7-10-23-9-5-6-12-26(23)29)21-28(27)34-32(35-31)41-22-24-11-8-15-36(24)3/h4-7,9-10,12-13,26-27H,1,8,11,14-24H2,3H3;5-12,24-26H,1,13-22H2,3-4H3;4-7,9-10,12-13,24-25H,1,8,11,14-22H2,3H3/t26-,27?;24-,25?,26+;24-,25+/m001/s1. The lowest BCUT2D eigenvalue weighted by Crippen LogP contribution is -2.56. The average molecular weight is 1730 g/mol. The summed E-state index contributed by atoms with van der Waals surface area (Å²) in [5.41, 5.74) is 9.89. The summed E-state index contributed by atoms with van der Waals surface area (Å²) in [4.78, 5) is 105. The van der Waals surface area contributed by atoms with E-state index in [2.05, 4.69) is 220 Å². The van der Waals surface area contributed by atoms with Crippen LogP contribution in [0.2, 0.25) is 0 Å². The molecule has 0 spiro atoms. The van der Waals surface area contributed by atoms with Crippen LogP contribution in [0.4, 0.5) is 34.5 Å². The molecule has 7 atom stereocenters. The van der Waals surface area contributed by atoms with Crippen LogP contribution in [-0.2, 0) is 62.8 Å². The molecule has 6 aromatic carbocycles. The summed E-state index contributed by atoms with van der Waals surface area (Å²) >= 11 is 0. The molecule has 128 heavy (non-hydrogen) atoms. The molecule has 9 aliphatic heterocycles. The van der Waals surface area contributed by atoms with E-state index < -0.39 is 0 Å². The van der Waals surface area contributed by atoms with Crippen LogP contribution in [0.1, 0.15) is 65.9 Å². The number of methoxy groups -OCH3 is 2. The van der Waals surface area contributed by atoms with Gasteiger partial charge in [-0.25, -0.2) is 19.7 Å². The van der Waals surface area contributed by atoms with Gasteiger partial charge in [0.2, 0.25) is 37.4 Å². The summed E-state index contributed by atoms with van der Waals surface area (Å²) in [5, 5.41) is 7.34. The molecule has 0 N–H and O–H groups in total. The first-order valence-electron chi connectivity index (χ1n) is 45.1. The third kappa shape index (κ3) is 19.9. The van der Waals surface area contributed by atoms with Crippen LogP contribution in [0, 0.1) is 19.7 Å². The van der Waals surface area contributed by atoms with Crippen LogP contribution in [-0.4, -0.2) is 298 Å². The van der Waals surface area contributed by atoms with E-state index in [0.717, 1.165) is 142 Å². The summed E-state index contributed by atoms with van der Waals surface area (Å²) in [6.45, 7) is 49.9. The van der Waals surface area contributed by atoms with Crippen LogP contribution in [0.5, 0.6) is 18.0 Å². The third-order valence-corrected chi connectivity index (χ3v) is 27.0. The number of anilines is 6.